The van der Waals surface area contributed by atoms with Gasteiger partial charge in [0.25, 0.3) is 0 Å². The van der Waals surface area contributed by atoms with Crippen molar-refractivity contribution >= 4 is 18.0 Å². The molecular formula is C17H20FNO4. The van der Waals surface area contributed by atoms with Crippen molar-refractivity contribution in [2.24, 2.45) is 0 Å². The minimum absolute atomic E-state index is 0.0761. The first-order valence-corrected chi connectivity index (χ1v) is 7.45. The molecule has 0 saturated carbocycles. The summed E-state index contributed by atoms with van der Waals surface area (Å²) >= 11 is 0. The number of carboxylic acid groups (broad SMARTS) is 1. The molecule has 1 heterocycles. The van der Waals surface area contributed by atoms with Crippen molar-refractivity contribution in [1.29, 1.82) is 0 Å². The summed E-state index contributed by atoms with van der Waals surface area (Å²) in [7, 11) is 1.56. The molecule has 1 saturated heterocycles. The van der Waals surface area contributed by atoms with Crippen molar-refractivity contribution in [3.63, 3.8) is 0 Å². The van der Waals surface area contributed by atoms with Crippen LogP contribution in [0.25, 0.3) is 6.08 Å². The Kier molecular flexibility index (Phi) is 5.87. The van der Waals surface area contributed by atoms with E-state index in [0.29, 0.717) is 13.0 Å². The van der Waals surface area contributed by atoms with E-state index in [0.717, 1.165) is 5.56 Å². The average molecular weight is 321 g/mol. The summed E-state index contributed by atoms with van der Waals surface area (Å²) in [5.74, 6) is -1.36. The number of carboxylic acids is 1. The molecule has 2 rings (SSSR count). The van der Waals surface area contributed by atoms with Crippen LogP contribution in [0.1, 0.15) is 24.8 Å². The highest BCUT2D eigenvalue weighted by Gasteiger charge is 2.35. The number of halogens is 1. The molecule has 0 spiro atoms. The molecule has 23 heavy (non-hydrogen) atoms. The van der Waals surface area contributed by atoms with Gasteiger partial charge in [-0.3, -0.25) is 9.59 Å². The molecule has 1 N–H and O–H groups in total. The van der Waals surface area contributed by atoms with Crippen molar-refractivity contribution in [2.45, 2.75) is 31.4 Å². The number of amides is 1. The summed E-state index contributed by atoms with van der Waals surface area (Å²) in [4.78, 5) is 24.8. The van der Waals surface area contributed by atoms with E-state index >= 15 is 0 Å². The first kappa shape index (κ1) is 17.1. The SMILES string of the molecule is COC1CC(CC(=O)O)N(C(=O)C/C=C/c2ccc(F)cc2)C1. The number of methoxy groups -OCH3 is 1. The van der Waals surface area contributed by atoms with Gasteiger partial charge in [0.15, 0.2) is 0 Å². The lowest BCUT2D eigenvalue weighted by Gasteiger charge is -2.22. The minimum atomic E-state index is -0.925. The van der Waals surface area contributed by atoms with Gasteiger partial charge < -0.3 is 14.7 Å². The topological polar surface area (TPSA) is 66.8 Å². The number of rotatable bonds is 6. The second kappa shape index (κ2) is 7.87. The third kappa shape index (κ3) is 4.89. The van der Waals surface area contributed by atoms with Crippen LogP contribution in [0.4, 0.5) is 4.39 Å². The average Bonchev–Trinajstić information content (AvgIpc) is 2.91. The fourth-order valence-corrected chi connectivity index (χ4v) is 2.73. The lowest BCUT2D eigenvalue weighted by Crippen LogP contribution is -2.36. The predicted octanol–water partition coefficient (Wildman–Crippen LogP) is 2.32. The number of nitrogens with zero attached hydrogens (tertiary/aromatic N) is 1. The van der Waals surface area contributed by atoms with Crippen LogP contribution in [-0.2, 0) is 14.3 Å². The van der Waals surface area contributed by atoms with Gasteiger partial charge in [-0.15, -0.1) is 0 Å². The van der Waals surface area contributed by atoms with E-state index in [9.17, 15) is 14.0 Å². The quantitative estimate of drug-likeness (QED) is 0.873. The molecule has 6 heteroatoms. The van der Waals surface area contributed by atoms with Gasteiger partial charge in [-0.05, 0) is 24.1 Å². The summed E-state index contributed by atoms with van der Waals surface area (Å²) in [6.07, 6.45) is 3.96. The second-order valence-corrected chi connectivity index (χ2v) is 5.55. The molecule has 0 aliphatic carbocycles. The maximum atomic E-state index is 12.8. The highest BCUT2D eigenvalue weighted by atomic mass is 19.1. The van der Waals surface area contributed by atoms with Crippen LogP contribution in [0.3, 0.4) is 0 Å². The van der Waals surface area contributed by atoms with E-state index in [1.165, 1.54) is 12.1 Å². The molecule has 2 unspecified atom stereocenters. The maximum Gasteiger partial charge on any atom is 0.305 e. The van der Waals surface area contributed by atoms with Crippen molar-refractivity contribution < 1.29 is 23.8 Å². The highest BCUT2D eigenvalue weighted by Crippen LogP contribution is 2.23. The molecule has 124 valence electrons. The first-order valence-electron chi connectivity index (χ1n) is 7.45. The lowest BCUT2D eigenvalue weighted by atomic mass is 10.1. The Labute approximate surface area is 134 Å². The number of carbonyl (C=O) groups excluding carboxylic acids is 1. The Bertz CT molecular complexity index is 585. The number of hydrogen-bond acceptors (Lipinski definition) is 3. The third-order valence-electron chi connectivity index (χ3n) is 3.91. The van der Waals surface area contributed by atoms with E-state index in [4.69, 9.17) is 9.84 Å². The fraction of sp³-hybridized carbons (Fsp3) is 0.412. The number of benzene rings is 1. The molecule has 5 nitrogen and oxygen atoms in total. The Morgan fingerprint density at radius 3 is 2.70 bits per heavy atom. The van der Waals surface area contributed by atoms with Crippen molar-refractivity contribution in [3.8, 4) is 0 Å². The number of carbonyl (C=O) groups is 2. The summed E-state index contributed by atoms with van der Waals surface area (Å²) in [5, 5.41) is 8.96. The molecule has 2 atom stereocenters. The summed E-state index contributed by atoms with van der Waals surface area (Å²) in [5.41, 5.74) is 0.803. The van der Waals surface area contributed by atoms with Crippen LogP contribution in [-0.4, -0.2) is 47.7 Å². The summed E-state index contributed by atoms with van der Waals surface area (Å²) in [6.45, 7) is 0.414. The van der Waals surface area contributed by atoms with E-state index in [2.05, 4.69) is 0 Å². The zero-order chi connectivity index (χ0) is 16.8. The van der Waals surface area contributed by atoms with Gasteiger partial charge in [-0.25, -0.2) is 4.39 Å². The second-order valence-electron chi connectivity index (χ2n) is 5.55. The van der Waals surface area contributed by atoms with Crippen LogP contribution < -0.4 is 0 Å². The molecule has 1 aliphatic heterocycles. The highest BCUT2D eigenvalue weighted by molar-refractivity contribution is 5.80. The predicted molar refractivity (Wildman–Crippen MR) is 83.2 cm³/mol. The van der Waals surface area contributed by atoms with E-state index < -0.39 is 5.97 Å². The monoisotopic (exact) mass is 321 g/mol. The molecule has 1 aliphatic rings. The Morgan fingerprint density at radius 1 is 1.39 bits per heavy atom. The molecular weight excluding hydrogens is 301 g/mol. The Balaban J connectivity index is 1.95. The number of likely N-dealkylation sites (tertiary alicyclic amines) is 1. The van der Waals surface area contributed by atoms with Crippen LogP contribution >= 0.6 is 0 Å². The van der Waals surface area contributed by atoms with E-state index in [1.807, 2.05) is 0 Å². The molecule has 0 bridgehead atoms. The third-order valence-corrected chi connectivity index (χ3v) is 3.91. The van der Waals surface area contributed by atoms with Gasteiger partial charge in [0.05, 0.1) is 12.5 Å². The molecule has 0 aromatic heterocycles. The number of aliphatic carboxylic acids is 1. The largest absolute Gasteiger partial charge is 0.481 e. The van der Waals surface area contributed by atoms with E-state index in [1.54, 1.807) is 36.3 Å². The van der Waals surface area contributed by atoms with Gasteiger partial charge >= 0.3 is 5.97 Å². The lowest BCUT2D eigenvalue weighted by molar-refractivity contribution is -0.139. The zero-order valence-electron chi connectivity index (χ0n) is 12.9. The standard InChI is InChI=1S/C17H20FNO4/c1-23-15-9-14(10-17(21)22)19(11-15)16(20)4-2-3-12-5-7-13(18)8-6-12/h2-3,5-8,14-15H,4,9-11H2,1H3,(H,21,22)/b3-2+. The normalized spacial score (nSPS) is 21.0. The first-order chi connectivity index (χ1) is 11.0. The zero-order valence-corrected chi connectivity index (χ0v) is 12.9. The van der Waals surface area contributed by atoms with Crippen molar-refractivity contribution in [3.05, 3.63) is 41.7 Å². The summed E-state index contributed by atoms with van der Waals surface area (Å²) in [6, 6.07) is 5.63. The van der Waals surface area contributed by atoms with Crippen molar-refractivity contribution in [2.75, 3.05) is 13.7 Å². The number of hydrogen-bond donors (Lipinski definition) is 1. The van der Waals surface area contributed by atoms with Crippen molar-refractivity contribution in [1.82, 2.24) is 4.90 Å². The van der Waals surface area contributed by atoms with Crippen LogP contribution in [0.5, 0.6) is 0 Å². The van der Waals surface area contributed by atoms with Crippen LogP contribution in [0.15, 0.2) is 30.3 Å². The van der Waals surface area contributed by atoms with Crippen LogP contribution in [0, 0.1) is 5.82 Å². The Hall–Kier alpha value is -2.21. The molecule has 1 fully saturated rings. The summed E-state index contributed by atoms with van der Waals surface area (Å²) < 4.78 is 18.1. The van der Waals surface area contributed by atoms with Crippen LogP contribution in [0.2, 0.25) is 0 Å². The van der Waals surface area contributed by atoms with E-state index in [-0.39, 0.29) is 36.7 Å². The molecule has 1 aromatic rings. The van der Waals surface area contributed by atoms with Gasteiger partial charge in [0.2, 0.25) is 5.91 Å². The smallest absolute Gasteiger partial charge is 0.305 e. The Morgan fingerprint density at radius 2 is 2.09 bits per heavy atom. The minimum Gasteiger partial charge on any atom is -0.481 e. The van der Waals surface area contributed by atoms with Gasteiger partial charge in [-0.1, -0.05) is 24.3 Å². The number of ether oxygens (including phenoxy) is 1. The van der Waals surface area contributed by atoms with Gasteiger partial charge in [0, 0.05) is 26.1 Å². The molecule has 1 aromatic carbocycles. The molecule has 1 amide bonds. The maximum absolute atomic E-state index is 12.8. The fourth-order valence-electron chi connectivity index (χ4n) is 2.73. The van der Waals surface area contributed by atoms with Gasteiger partial charge in [-0.2, -0.15) is 0 Å². The molecule has 0 radical (unpaired) electrons. The van der Waals surface area contributed by atoms with Gasteiger partial charge in [0.1, 0.15) is 5.82 Å².